The molecule has 22 heavy (non-hydrogen) atoms. The lowest BCUT2D eigenvalue weighted by Crippen LogP contribution is -2.49. The predicted molar refractivity (Wildman–Crippen MR) is 93.3 cm³/mol. The lowest BCUT2D eigenvalue weighted by molar-refractivity contribution is -0.123. The average molecular weight is 322 g/mol. The topological polar surface area (TPSA) is 58.2 Å². The van der Waals surface area contributed by atoms with Crippen LogP contribution in [0.3, 0.4) is 0 Å². The van der Waals surface area contributed by atoms with Crippen LogP contribution in [0.25, 0.3) is 0 Å². The van der Waals surface area contributed by atoms with Gasteiger partial charge in [-0.25, -0.2) is 0 Å². The van der Waals surface area contributed by atoms with E-state index in [1.165, 1.54) is 0 Å². The standard InChI is InChI=1S/C17H26N2O2S/c1-5-13(3)18-17(21)15(9-10-22-4)19-16(20)14-8-6-7-12(2)11-14/h6-8,11,13,15H,5,9-10H2,1-4H3,(H,18,21)(H,19,20). The molecule has 0 radical (unpaired) electrons. The first-order valence-corrected chi connectivity index (χ1v) is 9.04. The molecule has 1 aromatic carbocycles. The SMILES string of the molecule is CCC(C)NC(=O)C(CCSC)NC(=O)c1cccc(C)c1. The van der Waals surface area contributed by atoms with E-state index in [1.807, 2.05) is 45.2 Å². The van der Waals surface area contributed by atoms with Crippen LogP contribution in [0.1, 0.15) is 42.6 Å². The summed E-state index contributed by atoms with van der Waals surface area (Å²) >= 11 is 1.67. The molecule has 0 aliphatic heterocycles. The Morgan fingerprint density at radius 3 is 2.59 bits per heavy atom. The van der Waals surface area contributed by atoms with Gasteiger partial charge in [-0.1, -0.05) is 24.6 Å². The smallest absolute Gasteiger partial charge is 0.251 e. The van der Waals surface area contributed by atoms with Crippen molar-refractivity contribution in [3.05, 3.63) is 35.4 Å². The van der Waals surface area contributed by atoms with Crippen molar-refractivity contribution in [2.24, 2.45) is 0 Å². The number of hydrogen-bond acceptors (Lipinski definition) is 3. The number of aryl methyl sites for hydroxylation is 1. The zero-order valence-electron chi connectivity index (χ0n) is 13.8. The molecule has 4 nitrogen and oxygen atoms in total. The maximum absolute atomic E-state index is 12.3. The minimum atomic E-state index is -0.491. The van der Waals surface area contributed by atoms with Crippen LogP contribution in [0.5, 0.6) is 0 Å². The normalized spacial score (nSPS) is 13.3. The van der Waals surface area contributed by atoms with Gasteiger partial charge < -0.3 is 10.6 Å². The molecule has 2 N–H and O–H groups in total. The van der Waals surface area contributed by atoms with Crippen molar-refractivity contribution in [1.29, 1.82) is 0 Å². The van der Waals surface area contributed by atoms with Crippen molar-refractivity contribution in [3.63, 3.8) is 0 Å². The van der Waals surface area contributed by atoms with E-state index in [1.54, 1.807) is 17.8 Å². The molecular weight excluding hydrogens is 296 g/mol. The Kier molecular flexibility index (Phi) is 8.02. The van der Waals surface area contributed by atoms with Gasteiger partial charge in [0.15, 0.2) is 0 Å². The largest absolute Gasteiger partial charge is 0.352 e. The molecule has 0 fully saturated rings. The summed E-state index contributed by atoms with van der Waals surface area (Å²) in [5.41, 5.74) is 1.61. The van der Waals surface area contributed by atoms with Crippen LogP contribution in [0.4, 0.5) is 0 Å². The zero-order valence-corrected chi connectivity index (χ0v) is 14.6. The number of carbonyl (C=O) groups excluding carboxylic acids is 2. The number of nitrogens with one attached hydrogen (secondary N) is 2. The van der Waals surface area contributed by atoms with E-state index in [0.29, 0.717) is 12.0 Å². The van der Waals surface area contributed by atoms with Crippen LogP contribution in [-0.4, -0.2) is 35.9 Å². The zero-order chi connectivity index (χ0) is 16.5. The first kappa shape index (κ1) is 18.6. The van der Waals surface area contributed by atoms with Crippen molar-refractivity contribution in [3.8, 4) is 0 Å². The van der Waals surface area contributed by atoms with Crippen molar-refractivity contribution in [2.45, 2.75) is 45.7 Å². The van der Waals surface area contributed by atoms with E-state index in [2.05, 4.69) is 10.6 Å². The lowest BCUT2D eigenvalue weighted by atomic mass is 10.1. The summed E-state index contributed by atoms with van der Waals surface area (Å²) in [4.78, 5) is 24.6. The quantitative estimate of drug-likeness (QED) is 0.774. The van der Waals surface area contributed by atoms with Gasteiger partial charge in [-0.3, -0.25) is 9.59 Å². The van der Waals surface area contributed by atoms with Gasteiger partial charge in [0, 0.05) is 11.6 Å². The van der Waals surface area contributed by atoms with Crippen molar-refractivity contribution >= 4 is 23.6 Å². The Labute approximate surface area is 137 Å². The molecule has 0 aliphatic rings. The van der Waals surface area contributed by atoms with Crippen LogP contribution in [-0.2, 0) is 4.79 Å². The monoisotopic (exact) mass is 322 g/mol. The predicted octanol–water partition coefficient (Wildman–Crippen LogP) is 2.76. The van der Waals surface area contributed by atoms with Gasteiger partial charge in [0.1, 0.15) is 6.04 Å². The molecule has 1 rings (SSSR count). The number of amides is 2. The summed E-state index contributed by atoms with van der Waals surface area (Å²) in [6, 6.07) is 7.00. The molecule has 0 spiro atoms. The Balaban J connectivity index is 2.75. The van der Waals surface area contributed by atoms with Crippen LogP contribution in [0, 0.1) is 6.92 Å². The summed E-state index contributed by atoms with van der Waals surface area (Å²) in [6.45, 7) is 5.93. The molecule has 122 valence electrons. The van der Waals surface area contributed by atoms with E-state index in [4.69, 9.17) is 0 Å². The first-order chi connectivity index (χ1) is 10.5. The number of carbonyl (C=O) groups is 2. The summed E-state index contributed by atoms with van der Waals surface area (Å²) in [5.74, 6) is 0.519. The van der Waals surface area contributed by atoms with E-state index >= 15 is 0 Å². The second-order valence-corrected chi connectivity index (χ2v) is 6.48. The fraction of sp³-hybridized carbons (Fsp3) is 0.529. The van der Waals surface area contributed by atoms with Crippen LogP contribution < -0.4 is 10.6 Å². The Morgan fingerprint density at radius 1 is 1.27 bits per heavy atom. The molecule has 5 heteroatoms. The third-order valence-corrected chi connectivity index (χ3v) is 4.16. The highest BCUT2D eigenvalue weighted by atomic mass is 32.2. The fourth-order valence-corrected chi connectivity index (χ4v) is 2.45. The van der Waals surface area contributed by atoms with Crippen LogP contribution >= 0.6 is 11.8 Å². The van der Waals surface area contributed by atoms with Gasteiger partial charge in [-0.2, -0.15) is 11.8 Å². The Morgan fingerprint density at radius 2 is 2.00 bits per heavy atom. The van der Waals surface area contributed by atoms with E-state index < -0.39 is 6.04 Å². The summed E-state index contributed by atoms with van der Waals surface area (Å²) in [7, 11) is 0. The number of benzene rings is 1. The minimum absolute atomic E-state index is 0.107. The molecule has 1 aromatic rings. The highest BCUT2D eigenvalue weighted by Gasteiger charge is 2.22. The third-order valence-electron chi connectivity index (χ3n) is 3.51. The average Bonchev–Trinajstić information content (AvgIpc) is 2.50. The molecular formula is C17H26N2O2S. The number of rotatable bonds is 8. The second kappa shape index (κ2) is 9.51. The minimum Gasteiger partial charge on any atom is -0.352 e. The molecule has 0 aliphatic carbocycles. The molecule has 0 heterocycles. The number of hydrogen-bond donors (Lipinski definition) is 2. The van der Waals surface area contributed by atoms with Gasteiger partial charge in [-0.15, -0.1) is 0 Å². The van der Waals surface area contributed by atoms with Crippen LogP contribution in [0.2, 0.25) is 0 Å². The fourth-order valence-electron chi connectivity index (χ4n) is 1.98. The molecule has 0 aromatic heterocycles. The second-order valence-electron chi connectivity index (χ2n) is 5.49. The van der Waals surface area contributed by atoms with Gasteiger partial charge in [-0.05, 0) is 50.8 Å². The molecule has 0 saturated heterocycles. The van der Waals surface area contributed by atoms with Crippen molar-refractivity contribution in [1.82, 2.24) is 10.6 Å². The maximum Gasteiger partial charge on any atom is 0.251 e. The number of thioether (sulfide) groups is 1. The van der Waals surface area contributed by atoms with E-state index in [9.17, 15) is 9.59 Å². The Hall–Kier alpha value is -1.49. The third kappa shape index (κ3) is 6.10. The van der Waals surface area contributed by atoms with Gasteiger partial charge in [0.2, 0.25) is 5.91 Å². The summed E-state index contributed by atoms with van der Waals surface area (Å²) < 4.78 is 0. The van der Waals surface area contributed by atoms with E-state index in [0.717, 1.165) is 17.7 Å². The van der Waals surface area contributed by atoms with E-state index in [-0.39, 0.29) is 17.9 Å². The lowest BCUT2D eigenvalue weighted by Gasteiger charge is -2.20. The molecule has 2 atom stereocenters. The van der Waals surface area contributed by atoms with Gasteiger partial charge in [0.25, 0.3) is 5.91 Å². The Bertz CT molecular complexity index is 505. The molecule has 0 bridgehead atoms. The molecule has 0 saturated carbocycles. The summed E-state index contributed by atoms with van der Waals surface area (Å²) in [6.07, 6.45) is 3.49. The van der Waals surface area contributed by atoms with Crippen molar-refractivity contribution in [2.75, 3.05) is 12.0 Å². The van der Waals surface area contributed by atoms with Gasteiger partial charge in [0.05, 0.1) is 0 Å². The van der Waals surface area contributed by atoms with Crippen LogP contribution in [0.15, 0.2) is 24.3 Å². The molecule has 2 amide bonds. The molecule has 2 unspecified atom stereocenters. The highest BCUT2D eigenvalue weighted by molar-refractivity contribution is 7.98. The van der Waals surface area contributed by atoms with Gasteiger partial charge >= 0.3 is 0 Å². The highest BCUT2D eigenvalue weighted by Crippen LogP contribution is 2.07. The van der Waals surface area contributed by atoms with Crippen molar-refractivity contribution < 1.29 is 9.59 Å². The summed E-state index contributed by atoms with van der Waals surface area (Å²) in [5, 5.41) is 5.80. The maximum atomic E-state index is 12.3. The first-order valence-electron chi connectivity index (χ1n) is 7.64.